The van der Waals surface area contributed by atoms with E-state index in [-0.39, 0.29) is 6.04 Å². The second-order valence-corrected chi connectivity index (χ2v) is 5.83. The van der Waals surface area contributed by atoms with E-state index >= 15 is 0 Å². The van der Waals surface area contributed by atoms with Crippen molar-refractivity contribution in [1.29, 1.82) is 0 Å². The van der Waals surface area contributed by atoms with Gasteiger partial charge >= 0.3 is 0 Å². The molecule has 1 saturated heterocycles. The number of likely N-dealkylation sites (tertiary alicyclic amines) is 1. The van der Waals surface area contributed by atoms with E-state index in [0.717, 1.165) is 37.6 Å². The van der Waals surface area contributed by atoms with Crippen molar-refractivity contribution in [3.05, 3.63) is 35.4 Å². The Bertz CT molecular complexity index is 428. The lowest BCUT2D eigenvalue weighted by molar-refractivity contribution is 0.0926. The summed E-state index contributed by atoms with van der Waals surface area (Å²) in [6, 6.07) is 4.75. The second kappa shape index (κ2) is 6.64. The maximum absolute atomic E-state index is 13.5. The monoisotopic (exact) mass is 282 g/mol. The summed E-state index contributed by atoms with van der Waals surface area (Å²) in [7, 11) is 0. The number of rotatable bonds is 4. The minimum Gasteiger partial charge on any atom is -0.314 e. The molecule has 0 unspecified atom stereocenters. The molecule has 0 saturated carbocycles. The topological polar surface area (TPSA) is 15.3 Å². The zero-order valence-electron chi connectivity index (χ0n) is 12.5. The molecule has 1 aromatic carbocycles. The third-order valence-corrected chi connectivity index (χ3v) is 4.07. The van der Waals surface area contributed by atoms with E-state index in [2.05, 4.69) is 31.0 Å². The summed E-state index contributed by atoms with van der Waals surface area (Å²) in [5.74, 6) is -0.983. The number of hydrogen-bond acceptors (Lipinski definition) is 2. The van der Waals surface area contributed by atoms with Crippen LogP contribution in [0.15, 0.2) is 18.2 Å². The van der Waals surface area contributed by atoms with E-state index in [1.165, 1.54) is 12.1 Å². The van der Waals surface area contributed by atoms with Crippen molar-refractivity contribution in [2.75, 3.05) is 13.1 Å². The molecule has 0 aromatic heterocycles. The second-order valence-electron chi connectivity index (χ2n) is 5.83. The predicted octanol–water partition coefficient (Wildman–Crippen LogP) is 3.49. The van der Waals surface area contributed by atoms with E-state index in [9.17, 15) is 8.78 Å². The van der Waals surface area contributed by atoms with Crippen LogP contribution in [0.25, 0.3) is 0 Å². The third kappa shape index (κ3) is 3.55. The Balaban J connectivity index is 2.26. The van der Waals surface area contributed by atoms with Gasteiger partial charge in [-0.25, -0.2) is 8.78 Å². The summed E-state index contributed by atoms with van der Waals surface area (Å²) >= 11 is 0. The molecule has 1 heterocycles. The molecule has 2 nitrogen and oxygen atoms in total. The van der Waals surface area contributed by atoms with E-state index in [1.54, 1.807) is 0 Å². The molecule has 1 aliphatic rings. The van der Waals surface area contributed by atoms with Crippen molar-refractivity contribution in [3.8, 4) is 0 Å². The fraction of sp³-hybridized carbons (Fsp3) is 0.625. The quantitative estimate of drug-likeness (QED) is 0.909. The van der Waals surface area contributed by atoms with E-state index in [4.69, 9.17) is 0 Å². The maximum atomic E-state index is 13.5. The minimum atomic E-state index is -0.491. The van der Waals surface area contributed by atoms with Gasteiger partial charge in [-0.2, -0.15) is 0 Å². The van der Waals surface area contributed by atoms with Crippen LogP contribution in [0.3, 0.4) is 0 Å². The van der Waals surface area contributed by atoms with Crippen molar-refractivity contribution in [3.63, 3.8) is 0 Å². The summed E-state index contributed by atoms with van der Waals surface area (Å²) < 4.78 is 27.0. The first kappa shape index (κ1) is 15.4. The van der Waals surface area contributed by atoms with Gasteiger partial charge in [-0.05, 0) is 50.9 Å². The normalized spacial score (nSPS) is 24.3. The van der Waals surface area contributed by atoms with Crippen LogP contribution < -0.4 is 5.32 Å². The summed E-state index contributed by atoms with van der Waals surface area (Å²) in [5.41, 5.74) is 0.749. The highest BCUT2D eigenvalue weighted by atomic mass is 19.1. The van der Waals surface area contributed by atoms with Crippen LogP contribution in [0.2, 0.25) is 0 Å². The SMILES string of the molecule is CCN[C@@H]1CCN(C(C)C)[C@H](c2cc(F)cc(F)c2)C1. The molecule has 0 bridgehead atoms. The first-order valence-electron chi connectivity index (χ1n) is 7.46. The Morgan fingerprint density at radius 1 is 1.25 bits per heavy atom. The van der Waals surface area contributed by atoms with Gasteiger partial charge < -0.3 is 5.32 Å². The van der Waals surface area contributed by atoms with Gasteiger partial charge in [0.1, 0.15) is 11.6 Å². The zero-order chi connectivity index (χ0) is 14.7. The van der Waals surface area contributed by atoms with Gasteiger partial charge in [-0.15, -0.1) is 0 Å². The molecule has 1 fully saturated rings. The van der Waals surface area contributed by atoms with Gasteiger partial charge in [-0.1, -0.05) is 6.92 Å². The molecule has 1 N–H and O–H groups in total. The minimum absolute atomic E-state index is 0.0815. The summed E-state index contributed by atoms with van der Waals surface area (Å²) in [5, 5.41) is 3.46. The van der Waals surface area contributed by atoms with Crippen molar-refractivity contribution in [2.45, 2.75) is 51.7 Å². The lowest BCUT2D eigenvalue weighted by Crippen LogP contribution is -2.46. The number of benzene rings is 1. The summed E-state index contributed by atoms with van der Waals surface area (Å²) in [6.45, 7) is 8.24. The standard InChI is InChI=1S/C16H24F2N2/c1-4-19-15-5-6-20(11(2)3)16(10-15)12-7-13(17)9-14(18)8-12/h7-9,11,15-16,19H,4-6,10H2,1-3H3/t15-,16+/m1/s1. The highest BCUT2D eigenvalue weighted by molar-refractivity contribution is 5.22. The average Bonchev–Trinajstić information content (AvgIpc) is 2.37. The molecule has 0 spiro atoms. The zero-order valence-corrected chi connectivity index (χ0v) is 12.5. The predicted molar refractivity (Wildman–Crippen MR) is 77.6 cm³/mol. The average molecular weight is 282 g/mol. The summed E-state index contributed by atoms with van der Waals surface area (Å²) in [6.07, 6.45) is 1.98. The van der Waals surface area contributed by atoms with E-state index < -0.39 is 11.6 Å². The van der Waals surface area contributed by atoms with E-state index in [0.29, 0.717) is 12.1 Å². The number of nitrogens with zero attached hydrogens (tertiary/aromatic N) is 1. The lowest BCUT2D eigenvalue weighted by Gasteiger charge is -2.42. The molecule has 1 aromatic rings. The van der Waals surface area contributed by atoms with Gasteiger partial charge in [0.25, 0.3) is 0 Å². The van der Waals surface area contributed by atoms with Crippen molar-refractivity contribution in [2.24, 2.45) is 0 Å². The Morgan fingerprint density at radius 2 is 1.90 bits per heavy atom. The Morgan fingerprint density at radius 3 is 2.45 bits per heavy atom. The molecule has 0 amide bonds. The maximum Gasteiger partial charge on any atom is 0.126 e. The van der Waals surface area contributed by atoms with Crippen molar-refractivity contribution in [1.82, 2.24) is 10.2 Å². The van der Waals surface area contributed by atoms with E-state index in [1.807, 2.05) is 0 Å². The molecule has 2 atom stereocenters. The fourth-order valence-electron chi connectivity index (χ4n) is 3.17. The highest BCUT2D eigenvalue weighted by Crippen LogP contribution is 2.33. The number of piperidine rings is 1. The highest BCUT2D eigenvalue weighted by Gasteiger charge is 2.31. The molecule has 4 heteroatoms. The molecule has 20 heavy (non-hydrogen) atoms. The van der Waals surface area contributed by atoms with Gasteiger partial charge in [0.2, 0.25) is 0 Å². The largest absolute Gasteiger partial charge is 0.314 e. The molecule has 0 radical (unpaired) electrons. The molecule has 0 aliphatic carbocycles. The van der Waals surface area contributed by atoms with Crippen LogP contribution in [-0.2, 0) is 0 Å². The fourth-order valence-corrected chi connectivity index (χ4v) is 3.17. The third-order valence-electron chi connectivity index (χ3n) is 4.07. The molecule has 2 rings (SSSR count). The number of halogens is 2. The van der Waals surface area contributed by atoms with Gasteiger partial charge in [0, 0.05) is 30.7 Å². The number of hydrogen-bond donors (Lipinski definition) is 1. The van der Waals surface area contributed by atoms with Crippen LogP contribution in [0, 0.1) is 11.6 Å². The Hall–Kier alpha value is -1.00. The molecular formula is C16H24F2N2. The van der Waals surface area contributed by atoms with Crippen LogP contribution in [0.4, 0.5) is 8.78 Å². The van der Waals surface area contributed by atoms with Crippen molar-refractivity contribution < 1.29 is 8.78 Å². The molecule has 112 valence electrons. The van der Waals surface area contributed by atoms with Crippen molar-refractivity contribution >= 4 is 0 Å². The first-order valence-corrected chi connectivity index (χ1v) is 7.46. The summed E-state index contributed by atoms with van der Waals surface area (Å²) in [4.78, 5) is 2.34. The Labute approximate surface area is 120 Å². The smallest absolute Gasteiger partial charge is 0.126 e. The van der Waals surface area contributed by atoms with Crippen LogP contribution in [0.1, 0.15) is 45.2 Å². The molecular weight excluding hydrogens is 258 g/mol. The van der Waals surface area contributed by atoms with Crippen LogP contribution in [0.5, 0.6) is 0 Å². The van der Waals surface area contributed by atoms with Crippen LogP contribution >= 0.6 is 0 Å². The van der Waals surface area contributed by atoms with Gasteiger partial charge in [0.15, 0.2) is 0 Å². The Kier molecular flexibility index (Phi) is 5.11. The first-order chi connectivity index (χ1) is 9.51. The van der Waals surface area contributed by atoms with Gasteiger partial charge in [-0.3, -0.25) is 4.90 Å². The van der Waals surface area contributed by atoms with Crippen LogP contribution in [-0.4, -0.2) is 30.1 Å². The number of nitrogens with one attached hydrogen (secondary N) is 1. The van der Waals surface area contributed by atoms with Gasteiger partial charge in [0.05, 0.1) is 0 Å². The lowest BCUT2D eigenvalue weighted by atomic mass is 9.90. The molecule has 1 aliphatic heterocycles.